The zero-order chi connectivity index (χ0) is 17.3. The van der Waals surface area contributed by atoms with Crippen molar-refractivity contribution in [3.05, 3.63) is 59.4 Å². The third kappa shape index (κ3) is 2.82. The molecule has 0 saturated carbocycles. The summed E-state index contributed by atoms with van der Waals surface area (Å²) in [4.78, 5) is 40.4. The van der Waals surface area contributed by atoms with Gasteiger partial charge in [-0.3, -0.25) is 14.4 Å². The summed E-state index contributed by atoms with van der Waals surface area (Å²) in [5, 5.41) is 9.25. The highest BCUT2D eigenvalue weighted by Gasteiger charge is 2.42. The van der Waals surface area contributed by atoms with E-state index in [0.717, 1.165) is 0 Å². The molecular weight excluding hydrogens is 308 g/mol. The predicted octanol–water partition coefficient (Wildman–Crippen LogP) is 2.18. The molecule has 1 fully saturated rings. The maximum atomic E-state index is 12.5. The molecule has 0 spiro atoms. The molecule has 0 aliphatic carbocycles. The molecule has 1 atom stereocenters. The Kier molecular flexibility index (Phi) is 3.97. The van der Waals surface area contributed by atoms with Crippen molar-refractivity contribution >= 4 is 17.7 Å². The number of nitrogens with one attached hydrogen (secondary N) is 1. The number of likely N-dealkylation sites (tertiary alicyclic amines) is 1. The lowest BCUT2D eigenvalue weighted by Gasteiger charge is -2.20. The lowest BCUT2D eigenvalue weighted by molar-refractivity contribution is -0.147. The standard InChI is InChI=1S/C18H18N2O4/c1-18(17(23)24)7-9-20(11-18)16(22)13-4-2-12(3-5-13)15(21)14-6-8-19-10-14/h2-6,8,10,19H,7,9,11H2,1H3,(H,23,24)/t18-/m0/s1. The first-order valence-corrected chi connectivity index (χ1v) is 7.71. The third-order valence-electron chi connectivity index (χ3n) is 4.53. The summed E-state index contributed by atoms with van der Waals surface area (Å²) < 4.78 is 0. The third-order valence-corrected chi connectivity index (χ3v) is 4.53. The van der Waals surface area contributed by atoms with Crippen molar-refractivity contribution in [2.75, 3.05) is 13.1 Å². The summed E-state index contributed by atoms with van der Waals surface area (Å²) >= 11 is 0. The van der Waals surface area contributed by atoms with E-state index in [-0.39, 0.29) is 18.2 Å². The number of nitrogens with zero attached hydrogens (tertiary/aromatic N) is 1. The van der Waals surface area contributed by atoms with Crippen molar-refractivity contribution < 1.29 is 19.5 Å². The maximum absolute atomic E-state index is 12.5. The Morgan fingerprint density at radius 3 is 2.29 bits per heavy atom. The van der Waals surface area contributed by atoms with E-state index in [1.165, 1.54) is 0 Å². The molecule has 1 aromatic carbocycles. The average Bonchev–Trinajstić information content (AvgIpc) is 3.24. The summed E-state index contributed by atoms with van der Waals surface area (Å²) in [5.41, 5.74) is 0.629. The van der Waals surface area contributed by atoms with Gasteiger partial charge in [-0.2, -0.15) is 0 Å². The van der Waals surface area contributed by atoms with Crippen LogP contribution in [-0.4, -0.2) is 45.7 Å². The van der Waals surface area contributed by atoms with Crippen LogP contribution in [0.3, 0.4) is 0 Å². The van der Waals surface area contributed by atoms with Crippen LogP contribution in [0.5, 0.6) is 0 Å². The Morgan fingerprint density at radius 2 is 1.75 bits per heavy atom. The number of ketones is 1. The van der Waals surface area contributed by atoms with Gasteiger partial charge in [-0.15, -0.1) is 0 Å². The van der Waals surface area contributed by atoms with Crippen molar-refractivity contribution in [3.63, 3.8) is 0 Å². The number of carboxylic acid groups (broad SMARTS) is 1. The normalized spacial score (nSPS) is 20.1. The van der Waals surface area contributed by atoms with E-state index in [1.54, 1.807) is 54.5 Å². The minimum absolute atomic E-state index is 0.116. The monoisotopic (exact) mass is 326 g/mol. The highest BCUT2D eigenvalue weighted by atomic mass is 16.4. The lowest BCUT2D eigenvalue weighted by atomic mass is 9.90. The molecule has 1 aromatic heterocycles. The number of aromatic amines is 1. The summed E-state index contributed by atoms with van der Waals surface area (Å²) in [7, 11) is 0. The Balaban J connectivity index is 1.73. The zero-order valence-corrected chi connectivity index (χ0v) is 13.3. The highest BCUT2D eigenvalue weighted by molar-refractivity contribution is 6.09. The molecule has 24 heavy (non-hydrogen) atoms. The van der Waals surface area contributed by atoms with E-state index in [1.807, 2.05) is 0 Å². The van der Waals surface area contributed by atoms with Crippen molar-refractivity contribution in [1.29, 1.82) is 0 Å². The minimum atomic E-state index is -0.889. The van der Waals surface area contributed by atoms with Crippen molar-refractivity contribution in [3.8, 4) is 0 Å². The molecule has 2 N–H and O–H groups in total. The van der Waals surface area contributed by atoms with Crippen LogP contribution in [-0.2, 0) is 4.79 Å². The van der Waals surface area contributed by atoms with Gasteiger partial charge < -0.3 is 15.0 Å². The van der Waals surface area contributed by atoms with Crippen LogP contribution < -0.4 is 0 Å². The Hall–Kier alpha value is -2.89. The molecule has 1 aliphatic heterocycles. The van der Waals surface area contributed by atoms with Crippen LogP contribution in [0.2, 0.25) is 0 Å². The second-order valence-corrected chi connectivity index (χ2v) is 6.35. The van der Waals surface area contributed by atoms with Crippen molar-refractivity contribution in [2.45, 2.75) is 13.3 Å². The quantitative estimate of drug-likeness (QED) is 0.843. The second kappa shape index (κ2) is 5.96. The molecule has 6 heteroatoms. The number of hydrogen-bond acceptors (Lipinski definition) is 3. The Morgan fingerprint density at radius 1 is 1.08 bits per heavy atom. The molecule has 0 radical (unpaired) electrons. The van der Waals surface area contributed by atoms with Gasteiger partial charge in [0.15, 0.2) is 5.78 Å². The predicted molar refractivity (Wildman–Crippen MR) is 86.9 cm³/mol. The summed E-state index contributed by atoms with van der Waals surface area (Å²) in [6.07, 6.45) is 3.74. The maximum Gasteiger partial charge on any atom is 0.311 e. The number of carbonyl (C=O) groups is 3. The van der Waals surface area contributed by atoms with Crippen LogP contribution in [0.25, 0.3) is 0 Å². The number of aliphatic carboxylic acids is 1. The van der Waals surface area contributed by atoms with Crippen LogP contribution in [0.4, 0.5) is 0 Å². The fourth-order valence-corrected chi connectivity index (χ4v) is 2.89. The van der Waals surface area contributed by atoms with Crippen LogP contribution in [0.15, 0.2) is 42.7 Å². The first-order chi connectivity index (χ1) is 11.4. The number of hydrogen-bond donors (Lipinski definition) is 2. The van der Waals surface area contributed by atoms with E-state index < -0.39 is 11.4 Å². The molecular formula is C18H18N2O4. The number of rotatable bonds is 4. The summed E-state index contributed by atoms with van der Waals surface area (Å²) in [5.74, 6) is -1.21. The van der Waals surface area contributed by atoms with Gasteiger partial charge in [0.2, 0.25) is 0 Å². The molecule has 2 aromatic rings. The van der Waals surface area contributed by atoms with Crippen molar-refractivity contribution in [2.24, 2.45) is 5.41 Å². The zero-order valence-electron chi connectivity index (χ0n) is 13.3. The average molecular weight is 326 g/mol. The lowest BCUT2D eigenvalue weighted by Crippen LogP contribution is -2.34. The summed E-state index contributed by atoms with van der Waals surface area (Å²) in [6, 6.07) is 8.15. The number of benzene rings is 1. The molecule has 1 saturated heterocycles. The van der Waals surface area contributed by atoms with Gasteiger partial charge in [0.25, 0.3) is 5.91 Å². The molecule has 0 bridgehead atoms. The molecule has 2 heterocycles. The Bertz CT molecular complexity index is 780. The first-order valence-electron chi connectivity index (χ1n) is 7.71. The van der Waals surface area contributed by atoms with Gasteiger partial charge in [0.05, 0.1) is 5.41 Å². The van der Waals surface area contributed by atoms with E-state index in [9.17, 15) is 19.5 Å². The molecule has 6 nitrogen and oxygen atoms in total. The number of aromatic nitrogens is 1. The first kappa shape index (κ1) is 16.0. The van der Waals surface area contributed by atoms with E-state index >= 15 is 0 Å². The topological polar surface area (TPSA) is 90.5 Å². The molecule has 124 valence electrons. The Labute approximate surface area is 139 Å². The molecule has 1 aliphatic rings. The second-order valence-electron chi connectivity index (χ2n) is 6.35. The van der Waals surface area contributed by atoms with Gasteiger partial charge >= 0.3 is 5.97 Å². The SMILES string of the molecule is C[C@]1(C(=O)O)CCN(C(=O)c2ccc(C(=O)c3cc[nH]c3)cc2)C1. The van der Waals surface area contributed by atoms with Crippen molar-refractivity contribution in [1.82, 2.24) is 9.88 Å². The van der Waals surface area contributed by atoms with Gasteiger partial charge in [0.1, 0.15) is 0 Å². The van der Waals surface area contributed by atoms with Crippen LogP contribution >= 0.6 is 0 Å². The van der Waals surface area contributed by atoms with E-state index in [2.05, 4.69) is 4.98 Å². The fourth-order valence-electron chi connectivity index (χ4n) is 2.89. The molecule has 1 amide bonds. The minimum Gasteiger partial charge on any atom is -0.481 e. The molecule has 0 unspecified atom stereocenters. The van der Waals surface area contributed by atoms with Gasteiger partial charge in [-0.25, -0.2) is 0 Å². The highest BCUT2D eigenvalue weighted by Crippen LogP contribution is 2.31. The smallest absolute Gasteiger partial charge is 0.311 e. The van der Waals surface area contributed by atoms with Gasteiger partial charge in [-0.1, -0.05) is 12.1 Å². The van der Waals surface area contributed by atoms with E-state index in [4.69, 9.17) is 0 Å². The van der Waals surface area contributed by atoms with Crippen LogP contribution in [0.1, 0.15) is 39.6 Å². The number of amides is 1. The summed E-state index contributed by atoms with van der Waals surface area (Å²) in [6.45, 7) is 2.28. The van der Waals surface area contributed by atoms with Gasteiger partial charge in [0, 0.05) is 42.2 Å². The fraction of sp³-hybridized carbons (Fsp3) is 0.278. The number of H-pyrrole nitrogens is 1. The van der Waals surface area contributed by atoms with Crippen LogP contribution in [0, 0.1) is 5.41 Å². The molecule has 3 rings (SSSR count). The van der Waals surface area contributed by atoms with E-state index in [0.29, 0.717) is 29.7 Å². The number of carboxylic acids is 1. The van der Waals surface area contributed by atoms with Gasteiger partial charge in [-0.05, 0) is 31.5 Å². The largest absolute Gasteiger partial charge is 0.481 e. The number of carbonyl (C=O) groups excluding carboxylic acids is 2.